The van der Waals surface area contributed by atoms with Gasteiger partial charge in [0.2, 0.25) is 5.91 Å². The van der Waals surface area contributed by atoms with Gasteiger partial charge in [-0.25, -0.2) is 0 Å². The lowest BCUT2D eigenvalue weighted by atomic mass is 10.1. The molecule has 2 unspecified atom stereocenters. The number of nitrogens with zero attached hydrogens (tertiary/aromatic N) is 1. The molecule has 1 saturated heterocycles. The SMILES string of the molecule is CCN1CCC(CNC(=O)C(C)C(N)=S)C1. The molecule has 0 aromatic carbocycles. The van der Waals surface area contributed by atoms with E-state index in [9.17, 15) is 4.79 Å². The van der Waals surface area contributed by atoms with Crippen LogP contribution in [0.25, 0.3) is 0 Å². The van der Waals surface area contributed by atoms with Crippen LogP contribution in [0.1, 0.15) is 20.3 Å². The van der Waals surface area contributed by atoms with Crippen LogP contribution in [0.2, 0.25) is 0 Å². The van der Waals surface area contributed by atoms with Crippen molar-refractivity contribution in [1.82, 2.24) is 10.2 Å². The smallest absolute Gasteiger partial charge is 0.229 e. The minimum absolute atomic E-state index is 0.0533. The summed E-state index contributed by atoms with van der Waals surface area (Å²) in [6.45, 7) is 7.96. The van der Waals surface area contributed by atoms with Crippen molar-refractivity contribution in [3.8, 4) is 0 Å². The Bertz CT molecular complexity index is 270. The number of nitrogens with two attached hydrogens (primary N) is 1. The van der Waals surface area contributed by atoms with E-state index >= 15 is 0 Å². The molecule has 1 fully saturated rings. The Morgan fingerprint density at radius 2 is 2.38 bits per heavy atom. The normalized spacial score (nSPS) is 23.0. The number of carbonyl (C=O) groups excluding carboxylic acids is 1. The number of hydrogen-bond acceptors (Lipinski definition) is 3. The van der Waals surface area contributed by atoms with E-state index < -0.39 is 0 Å². The first-order valence-electron chi connectivity index (χ1n) is 5.84. The van der Waals surface area contributed by atoms with Gasteiger partial charge in [0.1, 0.15) is 0 Å². The highest BCUT2D eigenvalue weighted by Gasteiger charge is 2.22. The molecule has 5 heteroatoms. The lowest BCUT2D eigenvalue weighted by molar-refractivity contribution is -0.122. The van der Waals surface area contributed by atoms with Crippen molar-refractivity contribution in [2.24, 2.45) is 17.6 Å². The molecule has 0 radical (unpaired) electrons. The third kappa shape index (κ3) is 3.72. The minimum Gasteiger partial charge on any atom is -0.393 e. The average Bonchev–Trinajstić information content (AvgIpc) is 2.72. The maximum Gasteiger partial charge on any atom is 0.229 e. The molecule has 0 saturated carbocycles. The molecule has 1 aliphatic rings. The fourth-order valence-corrected chi connectivity index (χ4v) is 2.00. The Kier molecular flexibility index (Phi) is 5.15. The molecule has 16 heavy (non-hydrogen) atoms. The largest absolute Gasteiger partial charge is 0.393 e. The molecule has 0 spiro atoms. The van der Waals surface area contributed by atoms with Gasteiger partial charge < -0.3 is 16.0 Å². The number of rotatable bonds is 5. The van der Waals surface area contributed by atoms with Crippen LogP contribution in [0.3, 0.4) is 0 Å². The number of thiocarbonyl (C=S) groups is 1. The second-order valence-electron chi connectivity index (χ2n) is 4.42. The summed E-state index contributed by atoms with van der Waals surface area (Å²) in [6.07, 6.45) is 1.16. The second kappa shape index (κ2) is 6.15. The van der Waals surface area contributed by atoms with Gasteiger partial charge in [0.05, 0.1) is 10.9 Å². The Morgan fingerprint density at radius 3 is 2.88 bits per heavy atom. The predicted molar refractivity (Wildman–Crippen MR) is 69.2 cm³/mol. The summed E-state index contributed by atoms with van der Waals surface area (Å²) in [5, 5.41) is 2.92. The van der Waals surface area contributed by atoms with Crippen molar-refractivity contribution in [1.29, 1.82) is 0 Å². The molecule has 1 amide bonds. The standard InChI is InChI=1S/C11H21N3OS/c1-3-14-5-4-9(7-14)6-13-11(15)8(2)10(12)16/h8-9H,3-7H2,1-2H3,(H2,12,16)(H,13,15). The third-order valence-corrected chi connectivity index (χ3v) is 3.56. The van der Waals surface area contributed by atoms with E-state index in [1.165, 1.54) is 0 Å². The quantitative estimate of drug-likeness (QED) is 0.685. The van der Waals surface area contributed by atoms with Crippen LogP contribution in [-0.4, -0.2) is 42.0 Å². The summed E-state index contributed by atoms with van der Waals surface area (Å²) in [5.41, 5.74) is 5.43. The topological polar surface area (TPSA) is 58.4 Å². The molecule has 1 heterocycles. The van der Waals surface area contributed by atoms with Crippen molar-refractivity contribution < 1.29 is 4.79 Å². The van der Waals surface area contributed by atoms with Gasteiger partial charge in [0.15, 0.2) is 0 Å². The summed E-state index contributed by atoms with van der Waals surface area (Å²) in [6, 6.07) is 0. The van der Waals surface area contributed by atoms with Gasteiger partial charge in [-0.05, 0) is 32.4 Å². The van der Waals surface area contributed by atoms with Gasteiger partial charge in [-0.15, -0.1) is 0 Å². The molecule has 1 rings (SSSR count). The highest BCUT2D eigenvalue weighted by atomic mass is 32.1. The number of hydrogen-bond donors (Lipinski definition) is 2. The van der Waals surface area contributed by atoms with Crippen LogP contribution >= 0.6 is 12.2 Å². The zero-order valence-corrected chi connectivity index (χ0v) is 10.8. The Hall–Kier alpha value is -0.680. The molecule has 0 bridgehead atoms. The van der Waals surface area contributed by atoms with Crippen LogP contribution in [0.4, 0.5) is 0 Å². The zero-order chi connectivity index (χ0) is 12.1. The molecule has 3 N–H and O–H groups in total. The van der Waals surface area contributed by atoms with Crippen molar-refractivity contribution in [2.45, 2.75) is 20.3 Å². The predicted octanol–water partition coefficient (Wildman–Crippen LogP) is 0.367. The minimum atomic E-state index is -0.362. The van der Waals surface area contributed by atoms with Crippen LogP contribution in [-0.2, 0) is 4.79 Å². The highest BCUT2D eigenvalue weighted by molar-refractivity contribution is 7.80. The molecular formula is C11H21N3OS. The fourth-order valence-electron chi connectivity index (χ4n) is 1.89. The van der Waals surface area contributed by atoms with Crippen LogP contribution in [0.15, 0.2) is 0 Å². The van der Waals surface area contributed by atoms with Crippen molar-refractivity contribution in [3.05, 3.63) is 0 Å². The van der Waals surface area contributed by atoms with Gasteiger partial charge in [-0.2, -0.15) is 0 Å². The van der Waals surface area contributed by atoms with E-state index in [0.717, 1.165) is 32.6 Å². The lowest BCUT2D eigenvalue weighted by Gasteiger charge is -2.15. The summed E-state index contributed by atoms with van der Waals surface area (Å²) < 4.78 is 0. The van der Waals surface area contributed by atoms with E-state index in [4.69, 9.17) is 18.0 Å². The Morgan fingerprint density at radius 1 is 1.69 bits per heavy atom. The molecular weight excluding hydrogens is 222 g/mol. The van der Waals surface area contributed by atoms with Gasteiger partial charge in [0, 0.05) is 13.1 Å². The van der Waals surface area contributed by atoms with Crippen molar-refractivity contribution >= 4 is 23.1 Å². The third-order valence-electron chi connectivity index (χ3n) is 3.20. The molecule has 1 aliphatic heterocycles. The molecule has 4 nitrogen and oxygen atoms in total. The van der Waals surface area contributed by atoms with E-state index in [2.05, 4.69) is 17.1 Å². The monoisotopic (exact) mass is 243 g/mol. The van der Waals surface area contributed by atoms with Crippen LogP contribution in [0, 0.1) is 11.8 Å². The first-order valence-corrected chi connectivity index (χ1v) is 6.24. The molecule has 2 atom stereocenters. The van der Waals surface area contributed by atoms with Gasteiger partial charge in [-0.1, -0.05) is 19.1 Å². The number of nitrogens with one attached hydrogen (secondary N) is 1. The maximum atomic E-state index is 11.6. The van der Waals surface area contributed by atoms with Crippen molar-refractivity contribution in [2.75, 3.05) is 26.2 Å². The summed E-state index contributed by atoms with van der Waals surface area (Å²) >= 11 is 4.79. The first kappa shape index (κ1) is 13.4. The first-order chi connectivity index (χ1) is 7.54. The van der Waals surface area contributed by atoms with E-state index in [1.807, 2.05) is 0 Å². The van der Waals surface area contributed by atoms with Crippen LogP contribution in [0.5, 0.6) is 0 Å². The lowest BCUT2D eigenvalue weighted by Crippen LogP contribution is -2.38. The second-order valence-corrected chi connectivity index (χ2v) is 4.89. The molecule has 0 aliphatic carbocycles. The summed E-state index contributed by atoms with van der Waals surface area (Å²) in [4.78, 5) is 14.3. The maximum absolute atomic E-state index is 11.6. The van der Waals surface area contributed by atoms with Gasteiger partial charge in [-0.3, -0.25) is 4.79 Å². The van der Waals surface area contributed by atoms with E-state index in [1.54, 1.807) is 6.92 Å². The van der Waals surface area contributed by atoms with Crippen LogP contribution < -0.4 is 11.1 Å². The zero-order valence-electron chi connectivity index (χ0n) is 10.0. The number of likely N-dealkylation sites (tertiary alicyclic amines) is 1. The van der Waals surface area contributed by atoms with E-state index in [0.29, 0.717) is 5.92 Å². The van der Waals surface area contributed by atoms with Gasteiger partial charge in [0.25, 0.3) is 0 Å². The van der Waals surface area contributed by atoms with E-state index in [-0.39, 0.29) is 16.8 Å². The highest BCUT2D eigenvalue weighted by Crippen LogP contribution is 2.14. The molecule has 0 aromatic heterocycles. The summed E-state index contributed by atoms with van der Waals surface area (Å²) in [5.74, 6) is 0.156. The molecule has 0 aromatic rings. The Balaban J connectivity index is 2.25. The number of amides is 1. The fraction of sp³-hybridized carbons (Fsp3) is 0.818. The van der Waals surface area contributed by atoms with Gasteiger partial charge >= 0.3 is 0 Å². The summed E-state index contributed by atoms with van der Waals surface area (Å²) in [7, 11) is 0. The number of carbonyl (C=O) groups is 1. The average molecular weight is 243 g/mol. The van der Waals surface area contributed by atoms with Crippen molar-refractivity contribution in [3.63, 3.8) is 0 Å². The Labute approximate surface area is 103 Å². The molecule has 92 valence electrons.